The van der Waals surface area contributed by atoms with Crippen molar-refractivity contribution >= 4 is 6.09 Å². The van der Waals surface area contributed by atoms with E-state index in [-0.39, 0.29) is 30.0 Å². The molecule has 0 aromatic heterocycles. The maximum absolute atomic E-state index is 13.2. The molecule has 1 amide bonds. The van der Waals surface area contributed by atoms with Crippen LogP contribution in [0.15, 0.2) is 54.1 Å². The Labute approximate surface area is 185 Å². The van der Waals surface area contributed by atoms with E-state index in [1.165, 1.54) is 0 Å². The Balaban J connectivity index is 2.18. The Hall–Kier alpha value is -3.05. The van der Waals surface area contributed by atoms with Gasteiger partial charge in [-0.05, 0) is 45.3 Å². The minimum absolute atomic E-state index is 0.0474. The molecular formula is C26H31N3O2. The third kappa shape index (κ3) is 4.23. The van der Waals surface area contributed by atoms with Crippen LogP contribution in [-0.4, -0.2) is 28.7 Å². The highest BCUT2D eigenvalue weighted by atomic mass is 16.6. The lowest BCUT2D eigenvalue weighted by Crippen LogP contribution is -2.55. The Morgan fingerprint density at radius 1 is 1.23 bits per heavy atom. The van der Waals surface area contributed by atoms with Gasteiger partial charge in [0.1, 0.15) is 5.60 Å². The topological polar surface area (TPSA) is 77.1 Å². The van der Waals surface area contributed by atoms with Crippen molar-refractivity contribution in [3.05, 3.63) is 59.7 Å². The lowest BCUT2D eigenvalue weighted by molar-refractivity contribution is 0.00133. The fourth-order valence-corrected chi connectivity index (χ4v) is 4.85. The van der Waals surface area contributed by atoms with Crippen molar-refractivity contribution in [2.45, 2.75) is 71.1 Å². The van der Waals surface area contributed by atoms with E-state index >= 15 is 0 Å². The second-order valence-corrected chi connectivity index (χ2v) is 9.45. The summed E-state index contributed by atoms with van der Waals surface area (Å²) in [6.45, 7) is 9.60. The number of carbonyl (C=O) groups excluding carboxylic acids is 1. The van der Waals surface area contributed by atoms with Gasteiger partial charge in [-0.15, -0.1) is 0 Å². The van der Waals surface area contributed by atoms with Crippen LogP contribution in [0.3, 0.4) is 0 Å². The molecule has 3 unspecified atom stereocenters. The molecule has 2 aliphatic rings. The van der Waals surface area contributed by atoms with Gasteiger partial charge in [0.05, 0.1) is 18.2 Å². The monoisotopic (exact) mass is 417 g/mol. The number of amides is 1. The highest BCUT2D eigenvalue weighted by Gasteiger charge is 2.50. The summed E-state index contributed by atoms with van der Waals surface area (Å²) in [6.07, 6.45) is 6.71. The Kier molecular flexibility index (Phi) is 6.27. The van der Waals surface area contributed by atoms with Crippen molar-refractivity contribution in [3.63, 3.8) is 0 Å². The predicted octanol–water partition coefficient (Wildman–Crippen LogP) is 5.72. The van der Waals surface area contributed by atoms with Crippen molar-refractivity contribution in [2.24, 2.45) is 11.3 Å². The smallest absolute Gasteiger partial charge is 0.411 e. The number of ether oxygens (including phenoxy) is 1. The maximum Gasteiger partial charge on any atom is 0.411 e. The molecule has 1 aliphatic heterocycles. The molecule has 0 N–H and O–H groups in total. The lowest BCUT2D eigenvalue weighted by Gasteiger charge is -2.47. The number of hydrogen-bond acceptors (Lipinski definition) is 4. The molecule has 162 valence electrons. The van der Waals surface area contributed by atoms with Gasteiger partial charge in [-0.3, -0.25) is 4.90 Å². The van der Waals surface area contributed by atoms with Gasteiger partial charge in [0, 0.05) is 24.3 Å². The van der Waals surface area contributed by atoms with Crippen LogP contribution in [0.5, 0.6) is 0 Å². The van der Waals surface area contributed by atoms with Crippen molar-refractivity contribution in [1.29, 1.82) is 10.5 Å². The number of carbonyl (C=O) groups is 1. The molecule has 1 aromatic rings. The summed E-state index contributed by atoms with van der Waals surface area (Å²) >= 11 is 0. The Bertz CT molecular complexity index is 945. The third-order valence-electron chi connectivity index (χ3n) is 6.28. The van der Waals surface area contributed by atoms with Gasteiger partial charge in [-0.25, -0.2) is 4.79 Å². The molecule has 0 saturated heterocycles. The van der Waals surface area contributed by atoms with Crippen LogP contribution < -0.4 is 0 Å². The van der Waals surface area contributed by atoms with Crippen LogP contribution in [0.25, 0.3) is 0 Å². The molecule has 31 heavy (non-hydrogen) atoms. The molecule has 1 aromatic carbocycles. The summed E-state index contributed by atoms with van der Waals surface area (Å²) in [5.41, 5.74) is 0.0966. The number of nitriles is 2. The van der Waals surface area contributed by atoms with Crippen molar-refractivity contribution in [3.8, 4) is 12.1 Å². The number of allylic oxidation sites excluding steroid dienone is 2. The molecule has 5 nitrogen and oxygen atoms in total. The molecule has 3 rings (SSSR count). The zero-order valence-electron chi connectivity index (χ0n) is 19.0. The van der Waals surface area contributed by atoms with Crippen molar-refractivity contribution < 1.29 is 9.53 Å². The zero-order chi connectivity index (χ0) is 22.8. The standard InChI is InChI=1S/C26H31N3O2/c1-6-20-15-22-23(18(2)29(20)24(30)31-25(3,4)5)21(19-11-8-7-9-12-19)13-10-14-26(22,16-27)17-28/h7-13,15,18,20-21,23H,6,14H2,1-5H3/t18?,20-,21?,23?/m1/s1. The minimum Gasteiger partial charge on any atom is -0.444 e. The first-order chi connectivity index (χ1) is 14.7. The van der Waals surface area contributed by atoms with E-state index in [1.807, 2.05) is 65.0 Å². The summed E-state index contributed by atoms with van der Waals surface area (Å²) in [5.74, 6) is -0.246. The fourth-order valence-electron chi connectivity index (χ4n) is 4.85. The fraction of sp³-hybridized carbons (Fsp3) is 0.500. The van der Waals surface area contributed by atoms with E-state index in [9.17, 15) is 15.3 Å². The molecule has 1 aliphatic carbocycles. The van der Waals surface area contributed by atoms with Crippen LogP contribution in [0.1, 0.15) is 58.9 Å². The SMILES string of the molecule is CC[C@@H]1C=C2C(C(c3ccccc3)C=CCC2(C#N)C#N)C(C)N1C(=O)OC(C)(C)C. The highest BCUT2D eigenvalue weighted by Crippen LogP contribution is 2.50. The number of nitrogens with zero attached hydrogens (tertiary/aromatic N) is 3. The second kappa shape index (κ2) is 8.60. The largest absolute Gasteiger partial charge is 0.444 e. The number of fused-ring (bicyclic) bond motifs is 1. The van der Waals surface area contributed by atoms with E-state index in [1.54, 1.807) is 4.90 Å². The van der Waals surface area contributed by atoms with Crippen LogP contribution in [0, 0.1) is 34.0 Å². The molecule has 5 heteroatoms. The van der Waals surface area contributed by atoms with Crippen LogP contribution in [0.4, 0.5) is 4.79 Å². The first-order valence-electron chi connectivity index (χ1n) is 10.9. The van der Waals surface area contributed by atoms with Gasteiger partial charge in [0.15, 0.2) is 5.41 Å². The molecule has 1 heterocycles. The van der Waals surface area contributed by atoms with Crippen LogP contribution >= 0.6 is 0 Å². The van der Waals surface area contributed by atoms with Gasteiger partial charge in [0.25, 0.3) is 0 Å². The first kappa shape index (κ1) is 22.6. The minimum atomic E-state index is -1.23. The van der Waals surface area contributed by atoms with Gasteiger partial charge in [-0.2, -0.15) is 10.5 Å². The second-order valence-electron chi connectivity index (χ2n) is 9.45. The third-order valence-corrected chi connectivity index (χ3v) is 6.28. The normalized spacial score (nSPS) is 27.2. The summed E-state index contributed by atoms with van der Waals surface area (Å²) in [6, 6.07) is 14.2. The molecule has 0 saturated carbocycles. The van der Waals surface area contributed by atoms with Gasteiger partial charge < -0.3 is 4.74 Å². The van der Waals surface area contributed by atoms with Gasteiger partial charge in [0.2, 0.25) is 0 Å². The summed E-state index contributed by atoms with van der Waals surface area (Å²) in [5, 5.41) is 20.2. The maximum atomic E-state index is 13.2. The van der Waals surface area contributed by atoms with Crippen molar-refractivity contribution in [1.82, 2.24) is 4.90 Å². The van der Waals surface area contributed by atoms with Crippen LogP contribution in [-0.2, 0) is 4.74 Å². The van der Waals surface area contributed by atoms with E-state index < -0.39 is 11.0 Å². The molecular weight excluding hydrogens is 386 g/mol. The predicted molar refractivity (Wildman–Crippen MR) is 120 cm³/mol. The molecule has 0 radical (unpaired) electrons. The highest BCUT2D eigenvalue weighted by molar-refractivity contribution is 5.70. The Morgan fingerprint density at radius 2 is 1.87 bits per heavy atom. The Morgan fingerprint density at radius 3 is 2.42 bits per heavy atom. The number of hydrogen-bond donors (Lipinski definition) is 0. The van der Waals surface area contributed by atoms with E-state index in [2.05, 4.69) is 30.3 Å². The van der Waals surface area contributed by atoms with E-state index in [0.29, 0.717) is 12.8 Å². The van der Waals surface area contributed by atoms with E-state index in [0.717, 1.165) is 11.1 Å². The average Bonchev–Trinajstić information content (AvgIpc) is 2.90. The molecule has 4 atom stereocenters. The summed E-state index contributed by atoms with van der Waals surface area (Å²) < 4.78 is 5.75. The van der Waals surface area contributed by atoms with Gasteiger partial charge in [-0.1, -0.05) is 55.5 Å². The summed E-state index contributed by atoms with van der Waals surface area (Å²) in [7, 11) is 0. The molecule has 0 bridgehead atoms. The number of rotatable bonds is 2. The number of benzene rings is 1. The van der Waals surface area contributed by atoms with Gasteiger partial charge >= 0.3 is 6.09 Å². The van der Waals surface area contributed by atoms with E-state index in [4.69, 9.17) is 4.74 Å². The van der Waals surface area contributed by atoms with Crippen molar-refractivity contribution in [2.75, 3.05) is 0 Å². The molecule has 0 fully saturated rings. The average molecular weight is 418 g/mol. The first-order valence-corrected chi connectivity index (χ1v) is 10.9. The van der Waals surface area contributed by atoms with Crippen LogP contribution in [0.2, 0.25) is 0 Å². The lowest BCUT2D eigenvalue weighted by atomic mass is 9.66. The summed E-state index contributed by atoms with van der Waals surface area (Å²) in [4.78, 5) is 15.0. The zero-order valence-corrected chi connectivity index (χ0v) is 19.0. The molecule has 0 spiro atoms. The quantitative estimate of drug-likeness (QED) is 0.576.